The Balaban J connectivity index is 1.07. The second kappa shape index (κ2) is 15.2. The minimum atomic E-state index is -0.533. The smallest absolute Gasteiger partial charge is 0.145 e. The summed E-state index contributed by atoms with van der Waals surface area (Å²) in [6.45, 7) is 0. The molecule has 4 heteroatoms. The van der Waals surface area contributed by atoms with Crippen LogP contribution in [0.4, 0.5) is 0 Å². The molecule has 1 atom stereocenters. The predicted molar refractivity (Wildman–Crippen MR) is 301 cm³/mol. The summed E-state index contributed by atoms with van der Waals surface area (Å²) in [4.78, 5) is 10.7. The first-order valence-corrected chi connectivity index (χ1v) is 25.2. The van der Waals surface area contributed by atoms with Crippen molar-refractivity contribution in [2.75, 3.05) is 0 Å². The lowest BCUT2D eigenvalue weighted by molar-refractivity contribution is 0.794. The number of fused-ring (bicyclic) bond motifs is 16. The van der Waals surface area contributed by atoms with E-state index in [4.69, 9.17) is 9.97 Å². The fourth-order valence-corrected chi connectivity index (χ4v) is 13.1. The van der Waals surface area contributed by atoms with E-state index in [1.165, 1.54) is 77.2 Å². The Kier molecular flexibility index (Phi) is 8.35. The van der Waals surface area contributed by atoms with Crippen molar-refractivity contribution < 1.29 is 0 Å². The summed E-state index contributed by atoms with van der Waals surface area (Å²) < 4.78 is 4.76. The Bertz CT molecular complexity index is 4440. The molecule has 2 aliphatic carbocycles. The minimum absolute atomic E-state index is 0.533. The average molecular weight is 927 g/mol. The Morgan fingerprint density at radius 3 is 1.36 bits per heavy atom. The highest BCUT2D eigenvalue weighted by Gasteiger charge is 2.52. The van der Waals surface area contributed by atoms with Gasteiger partial charge in [-0.25, -0.2) is 9.97 Å². The van der Waals surface area contributed by atoms with Gasteiger partial charge in [0.15, 0.2) is 0 Å². The zero-order valence-corrected chi connectivity index (χ0v) is 39.5. The molecule has 16 rings (SSSR count). The number of para-hydroxylation sites is 4. The Labute approximate surface area is 421 Å². The van der Waals surface area contributed by atoms with E-state index in [9.17, 15) is 0 Å². The van der Waals surface area contributed by atoms with Crippen molar-refractivity contribution in [1.82, 2.24) is 19.1 Å². The van der Waals surface area contributed by atoms with Gasteiger partial charge in [0.25, 0.3) is 0 Å². The van der Waals surface area contributed by atoms with E-state index in [2.05, 4.69) is 264 Å². The molecule has 12 aromatic carbocycles. The summed E-state index contributed by atoms with van der Waals surface area (Å²) in [6, 6.07) is 93.6. The second-order valence-electron chi connectivity index (χ2n) is 19.5. The third-order valence-electron chi connectivity index (χ3n) is 15.9. The maximum atomic E-state index is 5.37. The van der Waals surface area contributed by atoms with Crippen molar-refractivity contribution in [3.8, 4) is 67.5 Å². The number of nitrogens with zero attached hydrogens (tertiary/aromatic N) is 4. The molecule has 338 valence electrons. The molecule has 4 nitrogen and oxygen atoms in total. The van der Waals surface area contributed by atoms with Gasteiger partial charge >= 0.3 is 0 Å². The zero-order valence-electron chi connectivity index (χ0n) is 39.5. The largest absolute Gasteiger partial charge is 0.292 e. The highest BCUT2D eigenvalue weighted by atomic mass is 15.1. The van der Waals surface area contributed by atoms with Crippen molar-refractivity contribution in [2.24, 2.45) is 0 Å². The molecule has 1 spiro atoms. The summed E-state index contributed by atoms with van der Waals surface area (Å²) >= 11 is 0. The first-order chi connectivity index (χ1) is 36.3. The molecule has 0 bridgehead atoms. The first-order valence-electron chi connectivity index (χ1n) is 25.2. The Hall–Kier alpha value is -9.64. The monoisotopic (exact) mass is 926 g/mol. The van der Waals surface area contributed by atoms with Gasteiger partial charge in [-0.1, -0.05) is 212 Å². The van der Waals surface area contributed by atoms with Crippen molar-refractivity contribution >= 4 is 54.4 Å². The van der Waals surface area contributed by atoms with Gasteiger partial charge < -0.3 is 0 Å². The van der Waals surface area contributed by atoms with E-state index < -0.39 is 5.41 Å². The van der Waals surface area contributed by atoms with Crippen LogP contribution in [0.3, 0.4) is 0 Å². The third-order valence-corrected chi connectivity index (χ3v) is 15.9. The summed E-state index contributed by atoms with van der Waals surface area (Å²) in [5.41, 5.74) is 20.6. The number of hydrogen-bond donors (Lipinski definition) is 0. The maximum absolute atomic E-state index is 5.37. The highest BCUT2D eigenvalue weighted by molar-refractivity contribution is 6.20. The summed E-state index contributed by atoms with van der Waals surface area (Å²) in [7, 11) is 0. The van der Waals surface area contributed by atoms with Crippen molar-refractivity contribution in [3.63, 3.8) is 0 Å². The highest BCUT2D eigenvalue weighted by Crippen LogP contribution is 2.65. The van der Waals surface area contributed by atoms with E-state index in [0.717, 1.165) is 67.0 Å². The SMILES string of the molecule is c1ccc(-c2nc3ccccc3n2-c2cccc3c(-c4cccc5c4-c4ccccc4C54c5ccccc5-c5c4ccc4ccccc54)c4cccc(-n5c(-c6ccccc6)nc6ccccc65)c4cc23)cc1. The van der Waals surface area contributed by atoms with Gasteiger partial charge in [0.05, 0.1) is 38.9 Å². The number of imidazole rings is 2. The lowest BCUT2D eigenvalue weighted by Crippen LogP contribution is -2.25. The first kappa shape index (κ1) is 40.1. The van der Waals surface area contributed by atoms with Crippen LogP contribution in [0.25, 0.3) is 122 Å². The molecule has 0 fully saturated rings. The molecule has 2 aromatic heterocycles. The van der Waals surface area contributed by atoms with E-state index in [1.807, 2.05) is 0 Å². The van der Waals surface area contributed by atoms with Crippen LogP contribution in [0, 0.1) is 0 Å². The maximum Gasteiger partial charge on any atom is 0.145 e. The Morgan fingerprint density at radius 1 is 0.288 bits per heavy atom. The molecule has 0 amide bonds. The fraction of sp³-hybridized carbons (Fsp3) is 0.0145. The van der Waals surface area contributed by atoms with E-state index in [1.54, 1.807) is 0 Å². The quantitative estimate of drug-likeness (QED) is 0.161. The van der Waals surface area contributed by atoms with Crippen LogP contribution in [-0.4, -0.2) is 19.1 Å². The topological polar surface area (TPSA) is 35.6 Å². The summed E-state index contributed by atoms with van der Waals surface area (Å²) in [5, 5.41) is 7.14. The second-order valence-corrected chi connectivity index (χ2v) is 19.5. The number of aromatic nitrogens is 4. The van der Waals surface area contributed by atoms with Crippen LogP contribution < -0.4 is 0 Å². The molecule has 2 heterocycles. The lowest BCUT2D eigenvalue weighted by atomic mass is 9.70. The molecule has 0 aliphatic heterocycles. The number of rotatable bonds is 5. The lowest BCUT2D eigenvalue weighted by Gasteiger charge is -2.30. The van der Waals surface area contributed by atoms with Gasteiger partial charge in [0, 0.05) is 21.9 Å². The van der Waals surface area contributed by atoms with Crippen LogP contribution in [0.1, 0.15) is 22.3 Å². The van der Waals surface area contributed by atoms with Crippen LogP contribution in [0.15, 0.2) is 255 Å². The molecule has 0 saturated carbocycles. The molecular weight excluding hydrogens is 885 g/mol. The minimum Gasteiger partial charge on any atom is -0.292 e. The van der Waals surface area contributed by atoms with Crippen molar-refractivity contribution in [1.29, 1.82) is 0 Å². The average Bonchev–Trinajstić information content (AvgIpc) is 4.23. The molecule has 73 heavy (non-hydrogen) atoms. The van der Waals surface area contributed by atoms with Gasteiger partial charge in [-0.2, -0.15) is 0 Å². The molecule has 0 saturated heterocycles. The van der Waals surface area contributed by atoms with Crippen LogP contribution in [-0.2, 0) is 5.41 Å². The molecule has 1 unspecified atom stereocenters. The summed E-state index contributed by atoms with van der Waals surface area (Å²) in [5.74, 6) is 1.80. The van der Waals surface area contributed by atoms with Gasteiger partial charge in [-0.3, -0.25) is 9.13 Å². The molecule has 0 radical (unpaired) electrons. The number of benzene rings is 12. The molecule has 2 aliphatic rings. The van der Waals surface area contributed by atoms with Crippen molar-refractivity contribution in [3.05, 3.63) is 277 Å². The predicted octanol–water partition coefficient (Wildman–Crippen LogP) is 17.2. The molecule has 0 N–H and O–H groups in total. The number of hydrogen-bond acceptors (Lipinski definition) is 2. The van der Waals surface area contributed by atoms with Crippen LogP contribution >= 0.6 is 0 Å². The van der Waals surface area contributed by atoms with Gasteiger partial charge in [-0.05, 0) is 120 Å². The normalized spacial score (nSPS) is 14.4. The van der Waals surface area contributed by atoms with Gasteiger partial charge in [-0.15, -0.1) is 0 Å². The standard InChI is InChI=1S/C69H42N4/c1-3-21-44(22-4-1)67-70-58-34-13-15-36-62(58)72(67)60-38-18-28-47-52(60)42-53-48(29-19-39-61(53)73-63-37-16-14-35-59(63)71-68(73)45-23-5-2-6-24-45)64(47)51-30-17-33-56-66(51)50-27-10-12-32-55(50)69(56)54-31-11-9-26-49(54)65-46-25-8-7-20-43(46)40-41-57(65)69/h1-42H. The summed E-state index contributed by atoms with van der Waals surface area (Å²) in [6.07, 6.45) is 0. The van der Waals surface area contributed by atoms with Gasteiger partial charge in [0.2, 0.25) is 0 Å². The zero-order chi connectivity index (χ0) is 47.8. The molecule has 14 aromatic rings. The van der Waals surface area contributed by atoms with Crippen LogP contribution in [0.2, 0.25) is 0 Å². The van der Waals surface area contributed by atoms with Gasteiger partial charge in [0.1, 0.15) is 11.6 Å². The van der Waals surface area contributed by atoms with E-state index in [0.29, 0.717) is 0 Å². The van der Waals surface area contributed by atoms with E-state index in [-0.39, 0.29) is 0 Å². The van der Waals surface area contributed by atoms with Crippen LogP contribution in [0.5, 0.6) is 0 Å². The van der Waals surface area contributed by atoms with E-state index >= 15 is 0 Å². The Morgan fingerprint density at radius 2 is 0.740 bits per heavy atom. The molecular formula is C69H42N4. The fourth-order valence-electron chi connectivity index (χ4n) is 13.1. The third kappa shape index (κ3) is 5.44. The van der Waals surface area contributed by atoms with Crippen molar-refractivity contribution in [2.45, 2.75) is 5.41 Å².